The molecule has 0 aromatic rings. The van der Waals surface area contributed by atoms with E-state index in [2.05, 4.69) is 4.72 Å². The summed E-state index contributed by atoms with van der Waals surface area (Å²) in [4.78, 5) is 0. The zero-order chi connectivity index (χ0) is 10.6. The fraction of sp³-hybridized carbons (Fsp3) is 0.875. The Balaban J connectivity index is 2.06. The predicted octanol–water partition coefficient (Wildman–Crippen LogP) is 0.174. The minimum atomic E-state index is -3.02. The van der Waals surface area contributed by atoms with E-state index in [0.717, 1.165) is 25.7 Å². The fourth-order valence-electron chi connectivity index (χ4n) is 1.15. The normalized spacial score (nSPS) is 16.9. The highest BCUT2D eigenvalue weighted by atomic mass is 32.2. The van der Waals surface area contributed by atoms with Gasteiger partial charge in [-0.05, 0) is 25.7 Å². The van der Waals surface area contributed by atoms with Crippen LogP contribution in [0.5, 0.6) is 0 Å². The van der Waals surface area contributed by atoms with Gasteiger partial charge in [0.15, 0.2) is 0 Å². The topological polar surface area (TPSA) is 96.0 Å². The average Bonchev–Trinajstić information content (AvgIpc) is 2.84. The van der Waals surface area contributed by atoms with Gasteiger partial charge in [-0.3, -0.25) is 5.41 Å². The molecule has 5 nitrogen and oxygen atoms in total. The van der Waals surface area contributed by atoms with E-state index in [4.69, 9.17) is 11.1 Å². The van der Waals surface area contributed by atoms with E-state index < -0.39 is 10.0 Å². The molecule has 6 heteroatoms. The Kier molecular flexibility index (Phi) is 3.88. The second kappa shape index (κ2) is 4.75. The molecule has 1 aliphatic carbocycles. The predicted molar refractivity (Wildman–Crippen MR) is 55.7 cm³/mol. The highest BCUT2D eigenvalue weighted by Crippen LogP contribution is 2.27. The molecular formula is C8H17N3O2S. The van der Waals surface area contributed by atoms with Crippen LogP contribution in [0, 0.1) is 5.41 Å². The van der Waals surface area contributed by atoms with Gasteiger partial charge in [0.2, 0.25) is 10.0 Å². The van der Waals surface area contributed by atoms with E-state index in [1.54, 1.807) is 0 Å². The molecule has 4 N–H and O–H groups in total. The maximum atomic E-state index is 11.3. The highest BCUT2D eigenvalue weighted by Gasteiger charge is 2.34. The largest absolute Gasteiger partial charge is 0.388 e. The molecule has 0 bridgehead atoms. The maximum absolute atomic E-state index is 11.3. The summed E-state index contributed by atoms with van der Waals surface area (Å²) in [5.74, 6) is 0.162. The van der Waals surface area contributed by atoms with E-state index in [9.17, 15) is 8.42 Å². The Labute approximate surface area is 84.6 Å². The van der Waals surface area contributed by atoms with Crippen LogP contribution in [0.4, 0.5) is 0 Å². The Morgan fingerprint density at radius 1 is 1.43 bits per heavy atom. The van der Waals surface area contributed by atoms with Gasteiger partial charge in [-0.25, -0.2) is 13.1 Å². The third-order valence-electron chi connectivity index (χ3n) is 2.14. The Morgan fingerprint density at radius 2 is 2.07 bits per heavy atom. The lowest BCUT2D eigenvalue weighted by atomic mass is 10.2. The van der Waals surface area contributed by atoms with Crippen LogP contribution in [0.1, 0.15) is 32.1 Å². The molecular weight excluding hydrogens is 202 g/mol. The van der Waals surface area contributed by atoms with E-state index in [0.29, 0.717) is 13.0 Å². The molecule has 0 radical (unpaired) electrons. The molecule has 14 heavy (non-hydrogen) atoms. The van der Waals surface area contributed by atoms with Crippen LogP contribution in [0.3, 0.4) is 0 Å². The molecule has 1 saturated carbocycles. The van der Waals surface area contributed by atoms with Gasteiger partial charge in [0, 0.05) is 13.0 Å². The fourth-order valence-corrected chi connectivity index (χ4v) is 2.57. The van der Waals surface area contributed by atoms with Crippen molar-refractivity contribution in [2.75, 3.05) is 6.54 Å². The van der Waals surface area contributed by atoms with Crippen molar-refractivity contribution in [3.05, 3.63) is 0 Å². The van der Waals surface area contributed by atoms with Crippen molar-refractivity contribution in [3.8, 4) is 0 Å². The maximum Gasteiger partial charge on any atom is 0.214 e. The summed E-state index contributed by atoms with van der Waals surface area (Å²) in [6.07, 6.45) is 3.64. The second-order valence-electron chi connectivity index (χ2n) is 3.62. The molecule has 0 amide bonds. The number of nitrogens with two attached hydrogens (primary N) is 1. The van der Waals surface area contributed by atoms with Gasteiger partial charge in [0.1, 0.15) is 0 Å². The van der Waals surface area contributed by atoms with Crippen LogP contribution in [-0.4, -0.2) is 26.0 Å². The molecule has 0 aromatic heterocycles. The van der Waals surface area contributed by atoms with Crippen LogP contribution in [0.25, 0.3) is 0 Å². The van der Waals surface area contributed by atoms with Crippen molar-refractivity contribution in [1.82, 2.24) is 4.72 Å². The zero-order valence-corrected chi connectivity index (χ0v) is 8.94. The SMILES string of the molecule is N=C(N)CCCCNS(=O)(=O)C1CC1. The monoisotopic (exact) mass is 219 g/mol. The van der Waals surface area contributed by atoms with E-state index in [-0.39, 0.29) is 11.1 Å². The summed E-state index contributed by atoms with van der Waals surface area (Å²) in [5, 5.41) is 6.83. The Bertz CT molecular complexity index is 296. The van der Waals surface area contributed by atoms with Crippen molar-refractivity contribution in [2.45, 2.75) is 37.4 Å². The Hall–Kier alpha value is -0.620. The average molecular weight is 219 g/mol. The van der Waals surface area contributed by atoms with Crippen molar-refractivity contribution in [3.63, 3.8) is 0 Å². The quantitative estimate of drug-likeness (QED) is 0.323. The van der Waals surface area contributed by atoms with Gasteiger partial charge < -0.3 is 5.73 Å². The number of amidine groups is 1. The third-order valence-corrected chi connectivity index (χ3v) is 4.09. The minimum absolute atomic E-state index is 0.143. The van der Waals surface area contributed by atoms with Crippen molar-refractivity contribution < 1.29 is 8.42 Å². The molecule has 0 aliphatic heterocycles. The first kappa shape index (κ1) is 11.5. The first-order chi connectivity index (χ1) is 6.52. The molecule has 0 spiro atoms. The van der Waals surface area contributed by atoms with Crippen LogP contribution in [0.15, 0.2) is 0 Å². The minimum Gasteiger partial charge on any atom is -0.388 e. The summed E-state index contributed by atoms with van der Waals surface area (Å²) in [6, 6.07) is 0. The first-order valence-electron chi connectivity index (χ1n) is 4.84. The number of hydrogen-bond acceptors (Lipinski definition) is 3. The van der Waals surface area contributed by atoms with Gasteiger partial charge in [-0.1, -0.05) is 0 Å². The lowest BCUT2D eigenvalue weighted by Gasteiger charge is -2.04. The Morgan fingerprint density at radius 3 is 2.57 bits per heavy atom. The summed E-state index contributed by atoms with van der Waals surface area (Å²) in [5.41, 5.74) is 5.16. The van der Waals surface area contributed by atoms with Gasteiger partial charge in [-0.15, -0.1) is 0 Å². The van der Waals surface area contributed by atoms with Crippen molar-refractivity contribution >= 4 is 15.9 Å². The van der Waals surface area contributed by atoms with Gasteiger partial charge in [0.05, 0.1) is 11.1 Å². The molecule has 1 rings (SSSR count). The van der Waals surface area contributed by atoms with E-state index in [1.807, 2.05) is 0 Å². The zero-order valence-electron chi connectivity index (χ0n) is 8.12. The summed E-state index contributed by atoms with van der Waals surface area (Å²) in [6.45, 7) is 0.464. The first-order valence-corrected chi connectivity index (χ1v) is 6.38. The molecule has 0 saturated heterocycles. The third kappa shape index (κ3) is 4.06. The molecule has 82 valence electrons. The molecule has 0 aromatic carbocycles. The van der Waals surface area contributed by atoms with Gasteiger partial charge in [0.25, 0.3) is 0 Å². The number of hydrogen-bond donors (Lipinski definition) is 3. The standard InChI is InChI=1S/C8H17N3O2S/c9-8(10)3-1-2-6-11-14(12,13)7-4-5-7/h7,11H,1-6H2,(H3,9,10). The summed E-state index contributed by atoms with van der Waals surface area (Å²) in [7, 11) is -3.02. The van der Waals surface area contributed by atoms with Crippen LogP contribution < -0.4 is 10.5 Å². The van der Waals surface area contributed by atoms with Gasteiger partial charge in [-0.2, -0.15) is 0 Å². The van der Waals surface area contributed by atoms with Crippen molar-refractivity contribution in [2.24, 2.45) is 5.73 Å². The van der Waals surface area contributed by atoms with E-state index in [1.165, 1.54) is 0 Å². The van der Waals surface area contributed by atoms with Crippen LogP contribution in [0.2, 0.25) is 0 Å². The molecule has 0 atom stereocenters. The number of nitrogens with one attached hydrogen (secondary N) is 2. The molecule has 1 aliphatic rings. The lowest BCUT2D eigenvalue weighted by Crippen LogP contribution is -2.28. The van der Waals surface area contributed by atoms with Crippen LogP contribution in [-0.2, 0) is 10.0 Å². The molecule has 0 heterocycles. The highest BCUT2D eigenvalue weighted by molar-refractivity contribution is 7.90. The van der Waals surface area contributed by atoms with Crippen LogP contribution >= 0.6 is 0 Å². The molecule has 1 fully saturated rings. The van der Waals surface area contributed by atoms with E-state index >= 15 is 0 Å². The summed E-state index contributed by atoms with van der Waals surface area (Å²) < 4.78 is 25.2. The smallest absolute Gasteiger partial charge is 0.214 e. The van der Waals surface area contributed by atoms with Gasteiger partial charge >= 0.3 is 0 Å². The summed E-state index contributed by atoms with van der Waals surface area (Å²) >= 11 is 0. The number of unbranched alkanes of at least 4 members (excludes halogenated alkanes) is 1. The second-order valence-corrected chi connectivity index (χ2v) is 5.67. The number of rotatable bonds is 7. The molecule has 0 unspecified atom stereocenters. The van der Waals surface area contributed by atoms with Crippen molar-refractivity contribution in [1.29, 1.82) is 5.41 Å². The lowest BCUT2D eigenvalue weighted by molar-refractivity contribution is 0.576. The number of sulfonamides is 1.